The zero-order valence-electron chi connectivity index (χ0n) is 14.7. The first-order valence-corrected chi connectivity index (χ1v) is 9.62. The van der Waals surface area contributed by atoms with Crippen molar-refractivity contribution < 1.29 is 14.3 Å². The third-order valence-electron chi connectivity index (χ3n) is 5.58. The Morgan fingerprint density at radius 2 is 1.92 bits per heavy atom. The summed E-state index contributed by atoms with van der Waals surface area (Å²) in [7, 11) is 0. The molecule has 0 aromatic carbocycles. The van der Waals surface area contributed by atoms with E-state index in [0.717, 1.165) is 38.0 Å². The lowest BCUT2D eigenvalue weighted by Crippen LogP contribution is -2.50. The fourth-order valence-corrected chi connectivity index (χ4v) is 4.34. The van der Waals surface area contributed by atoms with E-state index in [0.29, 0.717) is 25.8 Å². The molecule has 1 atom stereocenters. The molecule has 2 aliphatic heterocycles. The van der Waals surface area contributed by atoms with Crippen LogP contribution in [0.3, 0.4) is 0 Å². The van der Waals surface area contributed by atoms with E-state index in [2.05, 4.69) is 15.3 Å². The Balaban J connectivity index is 1.37. The monoisotopic (exact) mass is 348 g/mol. The van der Waals surface area contributed by atoms with Crippen LogP contribution in [0.15, 0.2) is 12.3 Å². The van der Waals surface area contributed by atoms with Crippen LogP contribution in [0.1, 0.15) is 51.0 Å². The first-order valence-electron chi connectivity index (χ1n) is 9.62. The van der Waals surface area contributed by atoms with Crippen LogP contribution in [0.2, 0.25) is 0 Å². The number of nitrogens with zero attached hydrogens (tertiary/aromatic N) is 3. The van der Waals surface area contributed by atoms with E-state index in [-0.39, 0.29) is 18.2 Å². The molecular formula is C18H28N4O3. The molecule has 25 heavy (non-hydrogen) atoms. The lowest BCUT2D eigenvalue weighted by molar-refractivity contribution is -0.127. The van der Waals surface area contributed by atoms with Crippen molar-refractivity contribution >= 4 is 11.7 Å². The van der Waals surface area contributed by atoms with Gasteiger partial charge in [-0.2, -0.15) is 5.10 Å². The Labute approximate surface area is 148 Å². The molecule has 2 saturated heterocycles. The number of anilines is 1. The first kappa shape index (κ1) is 17.0. The highest BCUT2D eigenvalue weighted by Crippen LogP contribution is 2.31. The fourth-order valence-electron chi connectivity index (χ4n) is 4.34. The Morgan fingerprint density at radius 3 is 2.72 bits per heavy atom. The topological polar surface area (TPSA) is 68.6 Å². The highest BCUT2D eigenvalue weighted by molar-refractivity contribution is 5.91. The molecule has 1 aliphatic carbocycles. The van der Waals surface area contributed by atoms with Gasteiger partial charge >= 0.3 is 0 Å². The van der Waals surface area contributed by atoms with Crippen LogP contribution in [-0.4, -0.2) is 59.2 Å². The van der Waals surface area contributed by atoms with Crippen LogP contribution in [0.5, 0.6) is 0 Å². The molecule has 3 fully saturated rings. The van der Waals surface area contributed by atoms with E-state index in [4.69, 9.17) is 9.47 Å². The van der Waals surface area contributed by atoms with Crippen molar-refractivity contribution in [3.63, 3.8) is 0 Å². The molecule has 138 valence electrons. The van der Waals surface area contributed by atoms with Gasteiger partial charge in [0.1, 0.15) is 5.82 Å². The third kappa shape index (κ3) is 3.88. The predicted molar refractivity (Wildman–Crippen MR) is 93.3 cm³/mol. The molecule has 4 rings (SSSR count). The second-order valence-electron chi connectivity index (χ2n) is 7.29. The third-order valence-corrected chi connectivity index (χ3v) is 5.58. The minimum atomic E-state index is -0.183. The molecule has 1 aromatic heterocycles. The molecule has 1 amide bonds. The Bertz CT molecular complexity index is 579. The summed E-state index contributed by atoms with van der Waals surface area (Å²) in [5.41, 5.74) is 0. The first-order chi connectivity index (χ1) is 12.3. The van der Waals surface area contributed by atoms with Crippen molar-refractivity contribution in [1.82, 2.24) is 14.7 Å². The predicted octanol–water partition coefficient (Wildman–Crippen LogP) is 2.16. The molecule has 7 nitrogen and oxygen atoms in total. The summed E-state index contributed by atoms with van der Waals surface area (Å²) in [4.78, 5) is 14.8. The fraction of sp³-hybridized carbons (Fsp3) is 0.778. The highest BCUT2D eigenvalue weighted by Gasteiger charge is 2.34. The molecule has 0 unspecified atom stereocenters. The number of ether oxygens (including phenoxy) is 2. The maximum absolute atomic E-state index is 12.6. The SMILES string of the molecule is O=C(CN1CCCC[C@H]1C1OCCO1)Nc1ccnn1C1CCCC1. The van der Waals surface area contributed by atoms with E-state index in [1.165, 1.54) is 19.3 Å². The maximum Gasteiger partial charge on any atom is 0.239 e. The largest absolute Gasteiger partial charge is 0.349 e. The molecule has 3 heterocycles. The summed E-state index contributed by atoms with van der Waals surface area (Å²) >= 11 is 0. The van der Waals surface area contributed by atoms with Crippen molar-refractivity contribution in [3.05, 3.63) is 12.3 Å². The van der Waals surface area contributed by atoms with Gasteiger partial charge in [0.25, 0.3) is 0 Å². The van der Waals surface area contributed by atoms with E-state index >= 15 is 0 Å². The number of rotatable bonds is 5. The van der Waals surface area contributed by atoms with E-state index in [1.807, 2.05) is 10.7 Å². The molecule has 0 spiro atoms. The summed E-state index contributed by atoms with van der Waals surface area (Å²) in [6, 6.07) is 2.50. The van der Waals surface area contributed by atoms with Gasteiger partial charge < -0.3 is 14.8 Å². The minimum Gasteiger partial charge on any atom is -0.349 e. The van der Waals surface area contributed by atoms with Crippen molar-refractivity contribution in [2.45, 2.75) is 63.3 Å². The molecule has 3 aliphatic rings. The number of likely N-dealkylation sites (tertiary alicyclic amines) is 1. The molecule has 1 N–H and O–H groups in total. The van der Waals surface area contributed by atoms with Crippen LogP contribution < -0.4 is 5.32 Å². The normalized spacial score (nSPS) is 26.3. The Kier molecular flexibility index (Phi) is 5.33. The van der Waals surface area contributed by atoms with Crippen LogP contribution in [0, 0.1) is 0 Å². The van der Waals surface area contributed by atoms with E-state index in [9.17, 15) is 4.79 Å². The number of hydrogen-bond donors (Lipinski definition) is 1. The quantitative estimate of drug-likeness (QED) is 0.883. The molecular weight excluding hydrogens is 320 g/mol. The number of amides is 1. The zero-order valence-corrected chi connectivity index (χ0v) is 14.7. The standard InChI is InChI=1S/C18H28N4O3/c23-17(20-16-8-9-19-22(16)14-5-1-2-6-14)13-21-10-4-3-7-15(21)18-24-11-12-25-18/h8-9,14-15,18H,1-7,10-13H2,(H,20,23)/t15-/m0/s1. The Hall–Kier alpha value is -1.44. The van der Waals surface area contributed by atoms with Crippen molar-refractivity contribution in [2.75, 3.05) is 31.6 Å². The number of hydrogen-bond acceptors (Lipinski definition) is 5. The number of piperidine rings is 1. The van der Waals surface area contributed by atoms with Crippen molar-refractivity contribution in [3.8, 4) is 0 Å². The average molecular weight is 348 g/mol. The average Bonchev–Trinajstić information content (AvgIpc) is 3.37. The number of nitrogens with one attached hydrogen (secondary N) is 1. The second-order valence-corrected chi connectivity index (χ2v) is 7.29. The lowest BCUT2D eigenvalue weighted by atomic mass is 10.0. The van der Waals surface area contributed by atoms with E-state index in [1.54, 1.807) is 6.20 Å². The van der Waals surface area contributed by atoms with Crippen molar-refractivity contribution in [2.24, 2.45) is 0 Å². The van der Waals surface area contributed by atoms with Gasteiger partial charge in [-0.1, -0.05) is 19.3 Å². The van der Waals surface area contributed by atoms with Crippen LogP contribution in [0.25, 0.3) is 0 Å². The van der Waals surface area contributed by atoms with E-state index < -0.39 is 0 Å². The van der Waals surface area contributed by atoms with Gasteiger partial charge in [0, 0.05) is 6.07 Å². The molecule has 1 saturated carbocycles. The van der Waals surface area contributed by atoms with Crippen molar-refractivity contribution in [1.29, 1.82) is 0 Å². The van der Waals surface area contributed by atoms with Crippen LogP contribution >= 0.6 is 0 Å². The summed E-state index contributed by atoms with van der Waals surface area (Å²) in [6.07, 6.45) is 9.69. The lowest BCUT2D eigenvalue weighted by Gasteiger charge is -2.37. The summed E-state index contributed by atoms with van der Waals surface area (Å²) in [5.74, 6) is 0.837. The van der Waals surface area contributed by atoms with Gasteiger partial charge in [0.05, 0.1) is 38.0 Å². The van der Waals surface area contributed by atoms with Gasteiger partial charge in [0.2, 0.25) is 5.91 Å². The number of carbonyl (C=O) groups is 1. The molecule has 7 heteroatoms. The summed E-state index contributed by atoms with van der Waals surface area (Å²) in [5, 5.41) is 7.49. The smallest absolute Gasteiger partial charge is 0.239 e. The number of aromatic nitrogens is 2. The van der Waals surface area contributed by atoms with Gasteiger partial charge in [-0.25, -0.2) is 4.68 Å². The van der Waals surface area contributed by atoms with Crippen LogP contribution in [0.4, 0.5) is 5.82 Å². The van der Waals surface area contributed by atoms with Gasteiger partial charge in [-0.3, -0.25) is 9.69 Å². The molecule has 0 bridgehead atoms. The second kappa shape index (κ2) is 7.85. The maximum atomic E-state index is 12.6. The minimum absolute atomic E-state index is 0.0182. The zero-order chi connectivity index (χ0) is 17.1. The summed E-state index contributed by atoms with van der Waals surface area (Å²) < 4.78 is 13.4. The van der Waals surface area contributed by atoms with Gasteiger partial charge in [-0.05, 0) is 32.2 Å². The highest BCUT2D eigenvalue weighted by atomic mass is 16.7. The molecule has 0 radical (unpaired) electrons. The molecule has 1 aromatic rings. The van der Waals surface area contributed by atoms with Gasteiger partial charge in [-0.15, -0.1) is 0 Å². The van der Waals surface area contributed by atoms with Crippen LogP contribution in [-0.2, 0) is 14.3 Å². The summed E-state index contributed by atoms with van der Waals surface area (Å²) in [6.45, 7) is 2.61. The van der Waals surface area contributed by atoms with Gasteiger partial charge in [0.15, 0.2) is 6.29 Å². The number of carbonyl (C=O) groups excluding carboxylic acids is 1. The Morgan fingerprint density at radius 1 is 1.16 bits per heavy atom.